The summed E-state index contributed by atoms with van der Waals surface area (Å²) in [5, 5.41) is 1.53. The van der Waals surface area contributed by atoms with Crippen LogP contribution >= 0.6 is 11.3 Å². The fraction of sp³-hybridized carbons (Fsp3) is 0.308. The summed E-state index contributed by atoms with van der Waals surface area (Å²) in [7, 11) is 0. The zero-order valence-corrected chi connectivity index (χ0v) is 19.8. The van der Waals surface area contributed by atoms with Gasteiger partial charge in [0.05, 0.1) is 12.3 Å². The normalized spacial score (nSPS) is 15.0. The number of anilines is 1. The largest absolute Gasteiger partial charge is 0.427 e. The van der Waals surface area contributed by atoms with Crippen molar-refractivity contribution in [2.75, 3.05) is 37.6 Å². The lowest BCUT2D eigenvalue weighted by molar-refractivity contribution is -0.134. The number of aromatic amines is 1. The maximum Gasteiger partial charge on any atom is 0.427 e. The van der Waals surface area contributed by atoms with Gasteiger partial charge in [0.15, 0.2) is 10.8 Å². The second-order valence-electron chi connectivity index (χ2n) is 8.63. The molecule has 0 radical (unpaired) electrons. The molecule has 0 bridgehead atoms. The lowest BCUT2D eigenvalue weighted by Gasteiger charge is -2.34. The number of hydrogen-bond acceptors (Lipinski definition) is 4. The minimum Gasteiger partial charge on any atom is -0.361 e. The molecule has 0 spiro atoms. The van der Waals surface area contributed by atoms with Crippen LogP contribution in [0.1, 0.15) is 16.9 Å². The van der Waals surface area contributed by atoms with Crippen molar-refractivity contribution in [2.45, 2.75) is 19.0 Å². The van der Waals surface area contributed by atoms with E-state index in [4.69, 9.17) is 6.57 Å². The van der Waals surface area contributed by atoms with Gasteiger partial charge in [0.1, 0.15) is 4.88 Å². The Balaban J connectivity index is 1.20. The molecule has 0 unspecified atom stereocenters. The molecular weight excluding hydrogens is 471 g/mol. The van der Waals surface area contributed by atoms with Gasteiger partial charge in [-0.2, -0.15) is 13.2 Å². The molecule has 35 heavy (non-hydrogen) atoms. The van der Waals surface area contributed by atoms with Gasteiger partial charge in [0.25, 0.3) is 0 Å². The van der Waals surface area contributed by atoms with Gasteiger partial charge < -0.3 is 9.88 Å². The van der Waals surface area contributed by atoms with E-state index in [0.717, 1.165) is 54.7 Å². The standard InChI is InChI=1S/C26H24F3N5S/c1-30-20-9-10-22-21(16-20)19(17-31-22)8-5-11-33-12-14-34(15-13-33)25-32-23(18-6-3-2-4-7-18)24(35-25)26(27,28)29/h2-4,6-7,9-10,16-17,31H,5,8,11-15H2. The Morgan fingerprint density at radius 2 is 1.83 bits per heavy atom. The highest BCUT2D eigenvalue weighted by Crippen LogP contribution is 2.43. The molecule has 0 amide bonds. The minimum atomic E-state index is -4.43. The number of H-pyrrole nitrogens is 1. The van der Waals surface area contributed by atoms with Gasteiger partial charge in [0, 0.05) is 43.5 Å². The average molecular weight is 496 g/mol. The third-order valence-electron chi connectivity index (χ3n) is 6.36. The number of hydrogen-bond donors (Lipinski definition) is 1. The van der Waals surface area contributed by atoms with Crippen LogP contribution in [0.25, 0.3) is 27.0 Å². The van der Waals surface area contributed by atoms with E-state index in [2.05, 4.69) is 19.7 Å². The van der Waals surface area contributed by atoms with E-state index >= 15 is 0 Å². The Labute approximate surface area is 205 Å². The summed E-state index contributed by atoms with van der Waals surface area (Å²) >= 11 is 0.736. The van der Waals surface area contributed by atoms with E-state index in [9.17, 15) is 13.2 Å². The molecule has 1 aliphatic rings. The summed E-state index contributed by atoms with van der Waals surface area (Å²) in [6.45, 7) is 11.0. The zero-order valence-electron chi connectivity index (χ0n) is 19.0. The monoisotopic (exact) mass is 495 g/mol. The fourth-order valence-corrected chi connectivity index (χ4v) is 5.53. The molecule has 5 nitrogen and oxygen atoms in total. The predicted molar refractivity (Wildman–Crippen MR) is 134 cm³/mol. The number of rotatable bonds is 6. The van der Waals surface area contributed by atoms with E-state index < -0.39 is 11.1 Å². The Hall–Kier alpha value is -3.35. The van der Waals surface area contributed by atoms with Crippen molar-refractivity contribution in [3.05, 3.63) is 76.6 Å². The first-order chi connectivity index (χ1) is 16.9. The maximum absolute atomic E-state index is 13.7. The molecule has 1 aliphatic heterocycles. The number of benzene rings is 2. The topological polar surface area (TPSA) is 39.5 Å². The molecule has 0 aliphatic carbocycles. The number of nitrogens with zero attached hydrogens (tertiary/aromatic N) is 4. The van der Waals surface area contributed by atoms with Crippen LogP contribution in [0.3, 0.4) is 0 Å². The van der Waals surface area contributed by atoms with E-state index in [1.54, 1.807) is 30.3 Å². The Morgan fingerprint density at radius 1 is 1.06 bits per heavy atom. The molecule has 0 saturated carbocycles. The second-order valence-corrected chi connectivity index (χ2v) is 9.60. The van der Waals surface area contributed by atoms with Crippen LogP contribution < -0.4 is 4.90 Å². The zero-order chi connectivity index (χ0) is 24.4. The summed E-state index contributed by atoms with van der Waals surface area (Å²) < 4.78 is 41.1. The number of nitrogens with one attached hydrogen (secondary N) is 1. The van der Waals surface area contributed by atoms with Crippen LogP contribution in [0.2, 0.25) is 0 Å². The highest BCUT2D eigenvalue weighted by atomic mass is 32.1. The van der Waals surface area contributed by atoms with E-state index in [0.29, 0.717) is 29.5 Å². The summed E-state index contributed by atoms with van der Waals surface area (Å²) in [4.78, 5) is 14.9. The van der Waals surface area contributed by atoms with Crippen molar-refractivity contribution < 1.29 is 13.2 Å². The number of piperazine rings is 1. The van der Waals surface area contributed by atoms with Crippen molar-refractivity contribution in [2.24, 2.45) is 0 Å². The molecule has 1 fully saturated rings. The Morgan fingerprint density at radius 3 is 2.54 bits per heavy atom. The van der Waals surface area contributed by atoms with Crippen LogP contribution in [0.5, 0.6) is 0 Å². The number of alkyl halides is 3. The molecule has 9 heteroatoms. The van der Waals surface area contributed by atoms with Gasteiger partial charge in [-0.1, -0.05) is 47.7 Å². The Kier molecular flexibility index (Phi) is 6.50. The molecule has 3 heterocycles. The smallest absolute Gasteiger partial charge is 0.361 e. The van der Waals surface area contributed by atoms with Crippen molar-refractivity contribution >= 4 is 33.1 Å². The molecule has 1 saturated heterocycles. The molecule has 1 N–H and O–H groups in total. The molecule has 2 aromatic heterocycles. The van der Waals surface area contributed by atoms with Gasteiger partial charge in [-0.25, -0.2) is 9.83 Å². The number of fused-ring (bicyclic) bond motifs is 1. The summed E-state index contributed by atoms with van der Waals surface area (Å²) in [5.41, 5.74) is 3.39. The first kappa shape index (κ1) is 23.4. The first-order valence-corrected chi connectivity index (χ1v) is 12.3. The number of aromatic nitrogens is 2. The van der Waals surface area contributed by atoms with Crippen LogP contribution in [-0.2, 0) is 12.6 Å². The Bertz CT molecular complexity index is 1350. The lowest BCUT2D eigenvalue weighted by Crippen LogP contribution is -2.46. The molecule has 180 valence electrons. The molecule has 4 aromatic rings. The van der Waals surface area contributed by atoms with E-state index in [-0.39, 0.29) is 5.69 Å². The number of thiazole rings is 1. The van der Waals surface area contributed by atoms with Gasteiger partial charge in [-0.3, -0.25) is 4.90 Å². The third kappa shape index (κ3) is 5.04. The minimum absolute atomic E-state index is 0.0145. The van der Waals surface area contributed by atoms with E-state index in [1.807, 2.05) is 29.3 Å². The first-order valence-electron chi connectivity index (χ1n) is 11.5. The molecule has 2 aromatic carbocycles. The van der Waals surface area contributed by atoms with Crippen molar-refractivity contribution in [1.29, 1.82) is 0 Å². The van der Waals surface area contributed by atoms with Crippen LogP contribution in [-0.4, -0.2) is 47.6 Å². The van der Waals surface area contributed by atoms with Crippen molar-refractivity contribution in [3.8, 4) is 11.3 Å². The number of aryl methyl sites for hydroxylation is 1. The van der Waals surface area contributed by atoms with Crippen molar-refractivity contribution in [3.63, 3.8) is 0 Å². The van der Waals surface area contributed by atoms with Gasteiger partial charge in [-0.15, -0.1) is 0 Å². The second kappa shape index (κ2) is 9.72. The third-order valence-corrected chi connectivity index (χ3v) is 7.52. The molecule has 0 atom stereocenters. The molecule has 5 rings (SSSR count). The van der Waals surface area contributed by atoms with Crippen LogP contribution in [0.15, 0.2) is 54.7 Å². The predicted octanol–water partition coefficient (Wildman–Crippen LogP) is 6.62. The van der Waals surface area contributed by atoms with Gasteiger partial charge in [-0.05, 0) is 42.5 Å². The highest BCUT2D eigenvalue weighted by Gasteiger charge is 2.38. The van der Waals surface area contributed by atoms with Crippen molar-refractivity contribution in [1.82, 2.24) is 14.9 Å². The SMILES string of the molecule is [C-]#[N+]c1ccc2[nH]cc(CCCN3CCN(c4nc(-c5ccccc5)c(C(F)(F)F)s4)CC3)c2c1. The fourth-order valence-electron chi connectivity index (χ4n) is 4.53. The summed E-state index contributed by atoms with van der Waals surface area (Å²) in [5.74, 6) is 0. The van der Waals surface area contributed by atoms with Crippen LogP contribution in [0, 0.1) is 6.57 Å². The van der Waals surface area contributed by atoms with Gasteiger partial charge >= 0.3 is 6.18 Å². The van der Waals surface area contributed by atoms with E-state index in [1.165, 1.54) is 5.56 Å². The highest BCUT2D eigenvalue weighted by molar-refractivity contribution is 7.16. The summed E-state index contributed by atoms with van der Waals surface area (Å²) in [6, 6.07) is 14.3. The van der Waals surface area contributed by atoms with Gasteiger partial charge in [0.2, 0.25) is 0 Å². The average Bonchev–Trinajstić information content (AvgIpc) is 3.50. The quantitative estimate of drug-likeness (QED) is 0.306. The maximum atomic E-state index is 13.7. The van der Waals surface area contributed by atoms with Crippen LogP contribution in [0.4, 0.5) is 24.0 Å². The lowest BCUT2D eigenvalue weighted by atomic mass is 10.1. The number of halogens is 3. The summed E-state index contributed by atoms with van der Waals surface area (Å²) in [6.07, 6.45) is -0.533. The molecular formula is C26H24F3N5S.